The predicted octanol–water partition coefficient (Wildman–Crippen LogP) is 2.65. The molecule has 0 saturated carbocycles. The summed E-state index contributed by atoms with van der Waals surface area (Å²) in [5.41, 5.74) is 9.50. The Hall–Kier alpha value is -1.88. The van der Waals surface area contributed by atoms with E-state index in [0.717, 1.165) is 22.7 Å². The molecule has 3 N–H and O–H groups in total. The molecule has 1 heterocycles. The number of benzene rings is 2. The van der Waals surface area contributed by atoms with Crippen molar-refractivity contribution in [2.45, 2.75) is 25.0 Å². The van der Waals surface area contributed by atoms with Crippen molar-refractivity contribution in [3.8, 4) is 11.1 Å². The summed E-state index contributed by atoms with van der Waals surface area (Å²) in [5.74, 6) is 0.0387. The Kier molecular flexibility index (Phi) is 5.19. The van der Waals surface area contributed by atoms with E-state index in [2.05, 4.69) is 28.4 Å². The van der Waals surface area contributed by atoms with Crippen molar-refractivity contribution in [2.24, 2.45) is 5.73 Å². The zero-order valence-corrected chi connectivity index (χ0v) is 14.5. The van der Waals surface area contributed by atoms with E-state index < -0.39 is 0 Å². The maximum Gasteiger partial charge on any atom is 0.237 e. The molecule has 2 aromatic carbocycles. The molecule has 3 rings (SSSR count). The lowest BCUT2D eigenvalue weighted by molar-refractivity contribution is -0.125. The third-order valence-electron chi connectivity index (χ3n) is 4.48. The van der Waals surface area contributed by atoms with E-state index in [9.17, 15) is 4.79 Å². The Balaban J connectivity index is 1.79. The number of halogens is 1. The van der Waals surface area contributed by atoms with Crippen molar-refractivity contribution >= 4 is 17.5 Å². The second kappa shape index (κ2) is 7.34. The van der Waals surface area contributed by atoms with Crippen LogP contribution in [0.5, 0.6) is 0 Å². The van der Waals surface area contributed by atoms with Gasteiger partial charge in [-0.2, -0.15) is 0 Å². The fourth-order valence-electron chi connectivity index (χ4n) is 3.28. The van der Waals surface area contributed by atoms with Gasteiger partial charge < -0.3 is 11.1 Å². The molecular weight excluding hydrogens is 322 g/mol. The molecule has 1 aliphatic rings. The van der Waals surface area contributed by atoms with Gasteiger partial charge in [0.25, 0.3) is 0 Å². The number of amides is 1. The maximum absolute atomic E-state index is 12.1. The first-order valence-electron chi connectivity index (χ1n) is 8.13. The van der Waals surface area contributed by atoms with Gasteiger partial charge in [0.1, 0.15) is 0 Å². The highest BCUT2D eigenvalue weighted by atomic mass is 35.5. The zero-order chi connectivity index (χ0) is 17.1. The van der Waals surface area contributed by atoms with Crippen LogP contribution < -0.4 is 11.1 Å². The lowest BCUT2D eigenvalue weighted by Crippen LogP contribution is -2.41. The summed E-state index contributed by atoms with van der Waals surface area (Å²) in [7, 11) is 1.67. The van der Waals surface area contributed by atoms with E-state index in [4.69, 9.17) is 17.3 Å². The molecule has 1 saturated heterocycles. The summed E-state index contributed by atoms with van der Waals surface area (Å²) < 4.78 is 0. The topological polar surface area (TPSA) is 58.4 Å². The van der Waals surface area contributed by atoms with E-state index in [-0.39, 0.29) is 18.0 Å². The number of rotatable bonds is 4. The van der Waals surface area contributed by atoms with Gasteiger partial charge in [-0.05, 0) is 41.3 Å². The van der Waals surface area contributed by atoms with Crippen molar-refractivity contribution in [1.29, 1.82) is 0 Å². The predicted molar refractivity (Wildman–Crippen MR) is 97.7 cm³/mol. The number of hydrogen-bond donors (Lipinski definition) is 2. The molecule has 0 unspecified atom stereocenters. The lowest BCUT2D eigenvalue weighted by atomic mass is 10.0. The van der Waals surface area contributed by atoms with Crippen molar-refractivity contribution in [1.82, 2.24) is 10.2 Å². The molecule has 2 aromatic rings. The molecule has 0 bridgehead atoms. The monoisotopic (exact) mass is 343 g/mol. The van der Waals surface area contributed by atoms with Crippen molar-refractivity contribution in [2.75, 3.05) is 13.6 Å². The molecule has 0 aliphatic carbocycles. The summed E-state index contributed by atoms with van der Waals surface area (Å²) in [6, 6.07) is 16.1. The van der Waals surface area contributed by atoms with E-state index in [0.29, 0.717) is 13.0 Å². The first kappa shape index (κ1) is 17.0. The van der Waals surface area contributed by atoms with Gasteiger partial charge in [-0.25, -0.2) is 0 Å². The third-order valence-corrected chi connectivity index (χ3v) is 4.73. The molecule has 0 radical (unpaired) electrons. The Bertz CT molecular complexity index is 717. The smallest absolute Gasteiger partial charge is 0.237 e. The highest BCUT2D eigenvalue weighted by molar-refractivity contribution is 6.30. The highest BCUT2D eigenvalue weighted by Gasteiger charge is 2.34. The summed E-state index contributed by atoms with van der Waals surface area (Å²) in [5, 5.41) is 3.47. The minimum atomic E-state index is -0.149. The maximum atomic E-state index is 12.1. The van der Waals surface area contributed by atoms with Gasteiger partial charge in [0, 0.05) is 31.2 Å². The number of carbonyl (C=O) groups is 1. The quantitative estimate of drug-likeness (QED) is 0.897. The van der Waals surface area contributed by atoms with Crippen LogP contribution in [0.1, 0.15) is 12.0 Å². The summed E-state index contributed by atoms with van der Waals surface area (Å²) in [4.78, 5) is 14.2. The van der Waals surface area contributed by atoms with Gasteiger partial charge in [-0.3, -0.25) is 9.69 Å². The number of nitrogens with two attached hydrogens (primary N) is 1. The molecule has 5 heteroatoms. The Labute approximate surface area is 147 Å². The fourth-order valence-corrected chi connectivity index (χ4v) is 3.41. The first-order valence-corrected chi connectivity index (χ1v) is 8.50. The van der Waals surface area contributed by atoms with Crippen LogP contribution in [0.2, 0.25) is 5.02 Å². The van der Waals surface area contributed by atoms with Gasteiger partial charge >= 0.3 is 0 Å². The van der Waals surface area contributed by atoms with Crippen LogP contribution in [0, 0.1) is 0 Å². The zero-order valence-electron chi connectivity index (χ0n) is 13.7. The van der Waals surface area contributed by atoms with Gasteiger partial charge in [-0.1, -0.05) is 41.9 Å². The van der Waals surface area contributed by atoms with Crippen molar-refractivity contribution in [3.05, 3.63) is 59.1 Å². The Morgan fingerprint density at radius 1 is 1.25 bits per heavy atom. The summed E-state index contributed by atoms with van der Waals surface area (Å²) >= 11 is 5.96. The molecule has 0 aromatic heterocycles. The Morgan fingerprint density at radius 3 is 2.71 bits per heavy atom. The summed E-state index contributed by atoms with van der Waals surface area (Å²) in [6.07, 6.45) is 0.705. The molecule has 1 fully saturated rings. The molecule has 2 atom stereocenters. The SMILES string of the molecule is CNC(=O)[C@@H]1C[C@@H](N)CN1Cc1cccc(-c2ccc(Cl)cc2)c1. The second-order valence-corrected chi connectivity index (χ2v) is 6.70. The molecule has 1 aliphatic heterocycles. The number of hydrogen-bond acceptors (Lipinski definition) is 3. The van der Waals surface area contributed by atoms with Gasteiger partial charge in [0.05, 0.1) is 6.04 Å². The standard InChI is InChI=1S/C19H22ClN3O/c1-22-19(24)18-10-17(21)12-23(18)11-13-3-2-4-15(9-13)14-5-7-16(20)8-6-14/h2-9,17-18H,10-12,21H2,1H3,(H,22,24)/t17-,18+/m1/s1. The van der Waals surface area contributed by atoms with E-state index in [1.54, 1.807) is 7.05 Å². The number of nitrogens with one attached hydrogen (secondary N) is 1. The molecule has 4 nitrogen and oxygen atoms in total. The van der Waals surface area contributed by atoms with Crippen molar-refractivity contribution in [3.63, 3.8) is 0 Å². The van der Waals surface area contributed by atoms with Gasteiger partial charge in [-0.15, -0.1) is 0 Å². The lowest BCUT2D eigenvalue weighted by Gasteiger charge is -2.23. The van der Waals surface area contributed by atoms with E-state index in [1.165, 1.54) is 5.56 Å². The van der Waals surface area contributed by atoms with Crippen molar-refractivity contribution < 1.29 is 4.79 Å². The molecular formula is C19H22ClN3O. The minimum Gasteiger partial charge on any atom is -0.358 e. The van der Waals surface area contributed by atoms with Crippen LogP contribution in [-0.2, 0) is 11.3 Å². The van der Waals surface area contributed by atoms with Crippen LogP contribution in [-0.4, -0.2) is 36.5 Å². The van der Waals surface area contributed by atoms with Crippen LogP contribution >= 0.6 is 11.6 Å². The van der Waals surface area contributed by atoms with Crippen LogP contribution in [0.3, 0.4) is 0 Å². The molecule has 126 valence electrons. The number of carbonyl (C=O) groups excluding carboxylic acids is 1. The Morgan fingerprint density at radius 2 is 2.00 bits per heavy atom. The van der Waals surface area contributed by atoms with Gasteiger partial charge in [0.2, 0.25) is 5.91 Å². The first-order chi connectivity index (χ1) is 11.6. The van der Waals surface area contributed by atoms with Gasteiger partial charge in [0.15, 0.2) is 0 Å². The van der Waals surface area contributed by atoms with Crippen LogP contribution in [0.4, 0.5) is 0 Å². The second-order valence-electron chi connectivity index (χ2n) is 6.26. The molecule has 24 heavy (non-hydrogen) atoms. The summed E-state index contributed by atoms with van der Waals surface area (Å²) in [6.45, 7) is 1.45. The number of likely N-dealkylation sites (N-methyl/N-ethyl adjacent to an activating group) is 1. The average molecular weight is 344 g/mol. The third kappa shape index (κ3) is 3.78. The average Bonchev–Trinajstić information content (AvgIpc) is 2.95. The van der Waals surface area contributed by atoms with E-state index >= 15 is 0 Å². The largest absolute Gasteiger partial charge is 0.358 e. The van der Waals surface area contributed by atoms with Crippen LogP contribution in [0.15, 0.2) is 48.5 Å². The number of likely N-dealkylation sites (tertiary alicyclic amines) is 1. The highest BCUT2D eigenvalue weighted by Crippen LogP contribution is 2.25. The fraction of sp³-hybridized carbons (Fsp3) is 0.316. The minimum absolute atomic E-state index is 0.0387. The van der Waals surface area contributed by atoms with E-state index in [1.807, 2.05) is 30.3 Å². The molecule has 0 spiro atoms. The number of nitrogens with zero attached hydrogens (tertiary/aromatic N) is 1. The molecule has 1 amide bonds. The van der Waals surface area contributed by atoms with Crippen LogP contribution in [0.25, 0.3) is 11.1 Å². The normalized spacial score (nSPS) is 21.0.